The van der Waals surface area contributed by atoms with Crippen LogP contribution in [0.5, 0.6) is 0 Å². The molecule has 6 heteroatoms. The molecule has 0 radical (unpaired) electrons. The number of carbonyl (C=O) groups is 1. The van der Waals surface area contributed by atoms with E-state index >= 15 is 0 Å². The van der Waals surface area contributed by atoms with E-state index in [1.807, 2.05) is 12.1 Å². The fraction of sp³-hybridized carbons (Fsp3) is 0.529. The minimum absolute atomic E-state index is 0.00519. The zero-order valence-electron chi connectivity index (χ0n) is 14.1. The van der Waals surface area contributed by atoms with E-state index in [0.29, 0.717) is 11.7 Å². The van der Waals surface area contributed by atoms with E-state index in [9.17, 15) is 4.79 Å². The van der Waals surface area contributed by atoms with Crippen LogP contribution >= 0.6 is 24.0 Å². The zero-order chi connectivity index (χ0) is 16.8. The van der Waals surface area contributed by atoms with Gasteiger partial charge in [0.1, 0.15) is 4.32 Å². The molecule has 0 atom stereocenters. The summed E-state index contributed by atoms with van der Waals surface area (Å²) in [6.45, 7) is 8.49. The molecule has 1 fully saturated rings. The van der Waals surface area contributed by atoms with E-state index in [1.54, 1.807) is 0 Å². The van der Waals surface area contributed by atoms with E-state index in [4.69, 9.17) is 12.2 Å². The fourth-order valence-corrected chi connectivity index (χ4v) is 3.49. The number of amides is 1. The van der Waals surface area contributed by atoms with Crippen LogP contribution in [0.1, 0.15) is 25.3 Å². The van der Waals surface area contributed by atoms with Crippen LogP contribution in [0.15, 0.2) is 24.3 Å². The van der Waals surface area contributed by atoms with Crippen molar-refractivity contribution in [2.24, 2.45) is 0 Å². The van der Waals surface area contributed by atoms with Gasteiger partial charge in [-0.2, -0.15) is 0 Å². The summed E-state index contributed by atoms with van der Waals surface area (Å²) >= 11 is 6.90. The van der Waals surface area contributed by atoms with E-state index in [1.165, 1.54) is 22.2 Å². The van der Waals surface area contributed by atoms with E-state index in [2.05, 4.69) is 43.2 Å². The number of hydrogen-bond donors (Lipinski definition) is 2. The first-order valence-electron chi connectivity index (χ1n) is 8.08. The second-order valence-corrected chi connectivity index (χ2v) is 7.93. The van der Waals surface area contributed by atoms with E-state index in [0.717, 1.165) is 36.2 Å². The quantitative estimate of drug-likeness (QED) is 0.807. The molecule has 0 saturated carbocycles. The summed E-state index contributed by atoms with van der Waals surface area (Å²) in [6.07, 6.45) is 0. The standard InChI is InChI=1S/C17H25N3OS2/c1-13(2)14-4-6-15(7-5-14)18-16(21)12-23-17(22)20-10-8-19(3)9-11-20/h4-7,13H,8-12H2,1-3H3,(H,18,21)/p+1. The first kappa shape index (κ1) is 18.2. The molecule has 1 aromatic rings. The van der Waals surface area contributed by atoms with Gasteiger partial charge in [0.2, 0.25) is 5.91 Å². The van der Waals surface area contributed by atoms with Gasteiger partial charge in [0.05, 0.1) is 39.0 Å². The monoisotopic (exact) mass is 352 g/mol. The predicted octanol–water partition coefficient (Wildman–Crippen LogP) is 1.60. The van der Waals surface area contributed by atoms with Crippen molar-refractivity contribution in [3.05, 3.63) is 29.8 Å². The summed E-state index contributed by atoms with van der Waals surface area (Å²) in [7, 11) is 2.20. The van der Waals surface area contributed by atoms with Gasteiger partial charge < -0.3 is 15.1 Å². The van der Waals surface area contributed by atoms with Gasteiger partial charge in [-0.15, -0.1) is 0 Å². The lowest BCUT2D eigenvalue weighted by atomic mass is 10.0. The zero-order valence-corrected chi connectivity index (χ0v) is 15.7. The summed E-state index contributed by atoms with van der Waals surface area (Å²) in [5.41, 5.74) is 2.12. The lowest BCUT2D eigenvalue weighted by Crippen LogP contribution is -3.12. The molecule has 2 rings (SSSR count). The molecule has 2 N–H and O–H groups in total. The van der Waals surface area contributed by atoms with Gasteiger partial charge in [0, 0.05) is 5.69 Å². The normalized spacial score (nSPS) is 15.7. The van der Waals surface area contributed by atoms with Crippen molar-refractivity contribution >= 4 is 39.9 Å². The van der Waals surface area contributed by atoms with Gasteiger partial charge in [-0.1, -0.05) is 50.0 Å². The third-order valence-corrected chi connectivity index (χ3v) is 5.59. The van der Waals surface area contributed by atoms with Crippen molar-refractivity contribution in [1.82, 2.24) is 4.90 Å². The van der Waals surface area contributed by atoms with Crippen LogP contribution in [0.2, 0.25) is 0 Å². The molecule has 4 nitrogen and oxygen atoms in total. The Labute approximate surface area is 148 Å². The molecule has 0 aromatic heterocycles. The molecular weight excluding hydrogens is 326 g/mol. The molecular formula is C17H26N3OS2+. The number of nitrogens with zero attached hydrogens (tertiary/aromatic N) is 1. The number of quaternary nitrogens is 1. The number of hydrogen-bond acceptors (Lipinski definition) is 3. The van der Waals surface area contributed by atoms with Crippen LogP contribution in [0, 0.1) is 0 Å². The summed E-state index contributed by atoms with van der Waals surface area (Å²) in [6, 6.07) is 8.04. The van der Waals surface area contributed by atoms with E-state index in [-0.39, 0.29) is 5.91 Å². The van der Waals surface area contributed by atoms with Crippen molar-refractivity contribution in [3.63, 3.8) is 0 Å². The summed E-state index contributed by atoms with van der Waals surface area (Å²) in [5, 5.41) is 2.93. The third-order valence-electron chi connectivity index (χ3n) is 4.06. The topological polar surface area (TPSA) is 36.8 Å². The lowest BCUT2D eigenvalue weighted by Gasteiger charge is -2.31. The van der Waals surface area contributed by atoms with Crippen LogP contribution in [-0.4, -0.2) is 54.1 Å². The van der Waals surface area contributed by atoms with Crippen LogP contribution in [0.25, 0.3) is 0 Å². The van der Waals surface area contributed by atoms with Crippen molar-refractivity contribution < 1.29 is 9.69 Å². The molecule has 0 aliphatic carbocycles. The molecule has 1 aliphatic heterocycles. The molecule has 1 amide bonds. The number of benzene rings is 1. The predicted molar refractivity (Wildman–Crippen MR) is 102 cm³/mol. The second kappa shape index (κ2) is 8.66. The molecule has 0 bridgehead atoms. The Hall–Kier alpha value is -1.11. The van der Waals surface area contributed by atoms with Crippen molar-refractivity contribution in [3.8, 4) is 0 Å². The van der Waals surface area contributed by atoms with Crippen molar-refractivity contribution in [1.29, 1.82) is 0 Å². The van der Waals surface area contributed by atoms with Crippen molar-refractivity contribution in [2.75, 3.05) is 44.3 Å². The molecule has 23 heavy (non-hydrogen) atoms. The van der Waals surface area contributed by atoms with Crippen molar-refractivity contribution in [2.45, 2.75) is 19.8 Å². The highest BCUT2D eigenvalue weighted by atomic mass is 32.2. The van der Waals surface area contributed by atoms with Gasteiger partial charge in [-0.3, -0.25) is 4.79 Å². The van der Waals surface area contributed by atoms with Gasteiger partial charge in [0.15, 0.2) is 0 Å². The highest BCUT2D eigenvalue weighted by Crippen LogP contribution is 2.17. The highest BCUT2D eigenvalue weighted by Gasteiger charge is 2.19. The van der Waals surface area contributed by atoms with Crippen LogP contribution < -0.4 is 10.2 Å². The maximum atomic E-state index is 12.1. The number of piperazine rings is 1. The molecule has 1 saturated heterocycles. The third kappa shape index (κ3) is 5.79. The van der Waals surface area contributed by atoms with Gasteiger partial charge in [-0.05, 0) is 23.6 Å². The Bertz CT molecular complexity index is 537. The summed E-state index contributed by atoms with van der Waals surface area (Å²) in [4.78, 5) is 15.8. The number of rotatable bonds is 4. The second-order valence-electron chi connectivity index (χ2n) is 6.32. The Morgan fingerprint density at radius 3 is 2.48 bits per heavy atom. The Morgan fingerprint density at radius 1 is 1.30 bits per heavy atom. The Morgan fingerprint density at radius 2 is 1.91 bits per heavy atom. The molecule has 1 heterocycles. The van der Waals surface area contributed by atoms with Crippen LogP contribution in [0.3, 0.4) is 0 Å². The SMILES string of the molecule is CC(C)c1ccc(NC(=O)CSC(=S)N2CC[NH+](C)CC2)cc1. The average Bonchev–Trinajstić information content (AvgIpc) is 2.54. The van der Waals surface area contributed by atoms with Crippen LogP contribution in [-0.2, 0) is 4.79 Å². The maximum absolute atomic E-state index is 12.1. The number of thiocarbonyl (C=S) groups is 1. The van der Waals surface area contributed by atoms with E-state index < -0.39 is 0 Å². The number of anilines is 1. The number of carbonyl (C=O) groups excluding carboxylic acids is 1. The van der Waals surface area contributed by atoms with Gasteiger partial charge >= 0.3 is 0 Å². The molecule has 1 aliphatic rings. The minimum atomic E-state index is -0.00519. The number of likely N-dealkylation sites (N-methyl/N-ethyl adjacent to an activating group) is 1. The minimum Gasteiger partial charge on any atom is -0.346 e. The average molecular weight is 353 g/mol. The molecule has 0 unspecified atom stereocenters. The molecule has 1 aromatic carbocycles. The highest BCUT2D eigenvalue weighted by molar-refractivity contribution is 8.23. The lowest BCUT2D eigenvalue weighted by molar-refractivity contribution is -0.883. The molecule has 0 spiro atoms. The summed E-state index contributed by atoms with van der Waals surface area (Å²) in [5.74, 6) is 0.858. The maximum Gasteiger partial charge on any atom is 0.234 e. The summed E-state index contributed by atoms with van der Waals surface area (Å²) < 4.78 is 0.836. The first-order valence-corrected chi connectivity index (χ1v) is 9.48. The number of nitrogens with one attached hydrogen (secondary N) is 2. The molecule has 126 valence electrons. The number of thioether (sulfide) groups is 1. The van der Waals surface area contributed by atoms with Gasteiger partial charge in [0.25, 0.3) is 0 Å². The van der Waals surface area contributed by atoms with Gasteiger partial charge in [-0.25, -0.2) is 0 Å². The Kier molecular flexibility index (Phi) is 6.87. The largest absolute Gasteiger partial charge is 0.346 e. The Balaban J connectivity index is 1.75. The fourth-order valence-electron chi connectivity index (χ4n) is 2.44. The smallest absolute Gasteiger partial charge is 0.234 e. The first-order chi connectivity index (χ1) is 11.0. The van der Waals surface area contributed by atoms with Crippen LogP contribution in [0.4, 0.5) is 5.69 Å².